The van der Waals surface area contributed by atoms with E-state index >= 15 is 0 Å². The van der Waals surface area contributed by atoms with E-state index in [1.165, 1.54) is 70.3 Å². The summed E-state index contributed by atoms with van der Waals surface area (Å²) in [6.07, 6.45) is 20.7. The van der Waals surface area contributed by atoms with Crippen molar-refractivity contribution in [2.75, 3.05) is 13.2 Å². The number of ether oxygens (including phenoxy) is 3. The van der Waals surface area contributed by atoms with Gasteiger partial charge in [-0.2, -0.15) is 0 Å². The minimum atomic E-state index is -0.367. The highest BCUT2D eigenvalue weighted by molar-refractivity contribution is 5.89. The van der Waals surface area contributed by atoms with Crippen molar-refractivity contribution in [3.63, 3.8) is 0 Å². The van der Waals surface area contributed by atoms with Crippen molar-refractivity contribution < 1.29 is 23.8 Å². The van der Waals surface area contributed by atoms with Gasteiger partial charge in [-0.15, -0.1) is 0 Å². The number of carbonyl (C=O) groups excluding carboxylic acids is 2. The van der Waals surface area contributed by atoms with E-state index in [9.17, 15) is 9.59 Å². The van der Waals surface area contributed by atoms with Gasteiger partial charge < -0.3 is 14.2 Å². The fourth-order valence-corrected chi connectivity index (χ4v) is 6.20. The summed E-state index contributed by atoms with van der Waals surface area (Å²) >= 11 is 0. The summed E-state index contributed by atoms with van der Waals surface area (Å²) in [7, 11) is 0. The first kappa shape index (κ1) is 30.2. The summed E-state index contributed by atoms with van der Waals surface area (Å²) in [6.45, 7) is 6.73. The van der Waals surface area contributed by atoms with Crippen LogP contribution in [0.1, 0.15) is 120 Å². The lowest BCUT2D eigenvalue weighted by atomic mass is 9.70. The molecule has 2 saturated carbocycles. The molecule has 0 bridgehead atoms. The van der Waals surface area contributed by atoms with Gasteiger partial charge in [-0.25, -0.2) is 9.59 Å². The largest absolute Gasteiger partial charge is 0.494 e. The van der Waals surface area contributed by atoms with Crippen LogP contribution in [-0.2, 0) is 14.3 Å². The molecule has 0 spiro atoms. The van der Waals surface area contributed by atoms with E-state index in [1.807, 2.05) is 12.1 Å². The van der Waals surface area contributed by atoms with Gasteiger partial charge in [-0.05, 0) is 106 Å². The van der Waals surface area contributed by atoms with E-state index in [0.717, 1.165) is 62.0 Å². The van der Waals surface area contributed by atoms with Crippen molar-refractivity contribution in [1.29, 1.82) is 0 Å². The molecule has 38 heavy (non-hydrogen) atoms. The lowest BCUT2D eigenvalue weighted by Gasteiger charge is -2.37. The first-order chi connectivity index (χ1) is 18.6. The van der Waals surface area contributed by atoms with Crippen LogP contribution in [0.4, 0.5) is 0 Å². The zero-order valence-corrected chi connectivity index (χ0v) is 23.7. The lowest BCUT2D eigenvalue weighted by molar-refractivity contribution is -0.137. The summed E-state index contributed by atoms with van der Waals surface area (Å²) in [5.41, 5.74) is 0.593. The molecule has 1 aromatic rings. The molecule has 0 atom stereocenters. The van der Waals surface area contributed by atoms with E-state index in [2.05, 4.69) is 13.5 Å². The maximum Gasteiger partial charge on any atom is 0.338 e. The van der Waals surface area contributed by atoms with Gasteiger partial charge in [-0.3, -0.25) is 0 Å². The first-order valence-electron chi connectivity index (χ1n) is 15.3. The highest BCUT2D eigenvalue weighted by atomic mass is 16.5. The number of hydrogen-bond acceptors (Lipinski definition) is 5. The monoisotopic (exact) mass is 526 g/mol. The van der Waals surface area contributed by atoms with Gasteiger partial charge in [0.15, 0.2) is 0 Å². The van der Waals surface area contributed by atoms with E-state index in [1.54, 1.807) is 12.1 Å². The predicted molar refractivity (Wildman–Crippen MR) is 152 cm³/mol. The van der Waals surface area contributed by atoms with Gasteiger partial charge in [0.1, 0.15) is 11.9 Å². The molecule has 0 saturated heterocycles. The summed E-state index contributed by atoms with van der Waals surface area (Å²) < 4.78 is 16.6. The maximum atomic E-state index is 12.7. The van der Waals surface area contributed by atoms with E-state index in [-0.39, 0.29) is 18.0 Å². The van der Waals surface area contributed by atoms with Gasteiger partial charge >= 0.3 is 11.9 Å². The minimum absolute atomic E-state index is 0.0559. The molecule has 5 nitrogen and oxygen atoms in total. The molecular weight excluding hydrogens is 476 g/mol. The lowest BCUT2D eigenvalue weighted by Crippen LogP contribution is -2.29. The number of benzene rings is 1. The molecule has 3 rings (SSSR count). The van der Waals surface area contributed by atoms with E-state index < -0.39 is 0 Å². The number of rotatable bonds is 16. The Kier molecular flexibility index (Phi) is 13.8. The van der Waals surface area contributed by atoms with Crippen LogP contribution in [0.15, 0.2) is 36.9 Å². The molecule has 0 N–H and O–H groups in total. The highest BCUT2D eigenvalue weighted by Gasteiger charge is 2.32. The number of esters is 2. The van der Waals surface area contributed by atoms with Crippen LogP contribution >= 0.6 is 0 Å². The second-order valence-electron chi connectivity index (χ2n) is 11.4. The summed E-state index contributed by atoms with van der Waals surface area (Å²) in [5.74, 6) is 2.87. The fraction of sp³-hybridized carbons (Fsp3) is 0.697. The standard InChI is InChI=1S/C33H50O5/c1-3-5-8-11-26-12-14-27(15-13-26)28-16-22-31(23-17-28)38-33(35)29-18-20-30(21-19-29)36-24-9-6-7-10-25-37-32(34)4-2/h4,18-21,26-28,31H,2-3,5-17,22-25H2,1H3. The number of carbonyl (C=O) groups is 2. The first-order valence-corrected chi connectivity index (χ1v) is 15.3. The smallest absolute Gasteiger partial charge is 0.338 e. The number of unbranched alkanes of at least 4 members (excludes halogenated alkanes) is 5. The molecule has 212 valence electrons. The third kappa shape index (κ3) is 10.8. The van der Waals surface area contributed by atoms with Crippen molar-refractivity contribution >= 4 is 11.9 Å². The van der Waals surface area contributed by atoms with Crippen LogP contribution in [0.25, 0.3) is 0 Å². The second kappa shape index (κ2) is 17.3. The third-order valence-electron chi connectivity index (χ3n) is 8.57. The topological polar surface area (TPSA) is 61.8 Å². The molecule has 1 aromatic carbocycles. The zero-order valence-electron chi connectivity index (χ0n) is 23.7. The molecule has 0 radical (unpaired) electrons. The fourth-order valence-electron chi connectivity index (χ4n) is 6.20. The molecule has 0 aromatic heterocycles. The summed E-state index contributed by atoms with van der Waals surface area (Å²) in [4.78, 5) is 23.7. The Bertz CT molecular complexity index is 816. The molecule has 2 aliphatic rings. The molecule has 0 aliphatic heterocycles. The molecule has 2 fully saturated rings. The maximum absolute atomic E-state index is 12.7. The summed E-state index contributed by atoms with van der Waals surface area (Å²) in [6, 6.07) is 7.30. The minimum Gasteiger partial charge on any atom is -0.494 e. The molecule has 0 heterocycles. The Morgan fingerprint density at radius 2 is 1.45 bits per heavy atom. The van der Waals surface area contributed by atoms with Crippen molar-refractivity contribution in [2.24, 2.45) is 17.8 Å². The van der Waals surface area contributed by atoms with E-state index in [4.69, 9.17) is 14.2 Å². The van der Waals surface area contributed by atoms with Crippen LogP contribution < -0.4 is 4.74 Å². The van der Waals surface area contributed by atoms with Crippen molar-refractivity contribution in [2.45, 2.75) is 116 Å². The van der Waals surface area contributed by atoms with Crippen molar-refractivity contribution in [3.8, 4) is 5.75 Å². The van der Waals surface area contributed by atoms with Crippen LogP contribution in [0, 0.1) is 17.8 Å². The summed E-state index contributed by atoms with van der Waals surface area (Å²) in [5, 5.41) is 0. The van der Waals surface area contributed by atoms with Gasteiger partial charge in [0.2, 0.25) is 0 Å². The SMILES string of the molecule is C=CC(=O)OCCCCCCOc1ccc(C(=O)OC2CCC(C3CCC(CCCCC)CC3)CC2)cc1. The normalized spacial score (nSPS) is 23.4. The van der Waals surface area contributed by atoms with Gasteiger partial charge in [0.25, 0.3) is 0 Å². The molecule has 2 aliphatic carbocycles. The van der Waals surface area contributed by atoms with Crippen LogP contribution in [0.3, 0.4) is 0 Å². The Morgan fingerprint density at radius 1 is 0.816 bits per heavy atom. The average Bonchev–Trinajstić information content (AvgIpc) is 2.95. The van der Waals surface area contributed by atoms with Crippen molar-refractivity contribution in [3.05, 3.63) is 42.5 Å². The van der Waals surface area contributed by atoms with Crippen LogP contribution in [0.2, 0.25) is 0 Å². The quantitative estimate of drug-likeness (QED) is 0.123. The van der Waals surface area contributed by atoms with Gasteiger partial charge in [0, 0.05) is 6.08 Å². The Labute approximate surface area is 230 Å². The second-order valence-corrected chi connectivity index (χ2v) is 11.4. The molecule has 5 heteroatoms. The molecule has 0 amide bonds. The molecule has 0 unspecified atom stereocenters. The van der Waals surface area contributed by atoms with Crippen molar-refractivity contribution in [1.82, 2.24) is 0 Å². The molecular formula is C33H50O5. The Morgan fingerprint density at radius 3 is 2.08 bits per heavy atom. The van der Waals surface area contributed by atoms with Gasteiger partial charge in [-0.1, -0.05) is 52.0 Å². The number of hydrogen-bond donors (Lipinski definition) is 0. The van der Waals surface area contributed by atoms with Crippen LogP contribution in [-0.4, -0.2) is 31.3 Å². The van der Waals surface area contributed by atoms with E-state index in [0.29, 0.717) is 18.8 Å². The Hall–Kier alpha value is -2.30. The van der Waals surface area contributed by atoms with Gasteiger partial charge in [0.05, 0.1) is 18.8 Å². The van der Waals surface area contributed by atoms with Crippen LogP contribution in [0.5, 0.6) is 5.75 Å². The predicted octanol–water partition coefficient (Wildman–Crippen LogP) is 8.46. The third-order valence-corrected chi connectivity index (χ3v) is 8.57. The Balaban J connectivity index is 1.26. The highest BCUT2D eigenvalue weighted by Crippen LogP contribution is 2.41. The average molecular weight is 527 g/mol. The zero-order chi connectivity index (χ0) is 27.0.